The van der Waals surface area contributed by atoms with E-state index in [4.69, 9.17) is 13.3 Å². The number of hydrogen-bond acceptors (Lipinski definition) is 3. The summed E-state index contributed by atoms with van der Waals surface area (Å²) in [6.45, 7) is 15.3. The molecule has 0 amide bonds. The molecule has 0 N–H and O–H groups in total. The van der Waals surface area contributed by atoms with Crippen LogP contribution in [0.1, 0.15) is 69.2 Å². The Bertz CT molecular complexity index is 325. The summed E-state index contributed by atoms with van der Waals surface area (Å²) >= 11 is 0. The van der Waals surface area contributed by atoms with Crippen molar-refractivity contribution >= 4 is 8.80 Å². The summed E-state index contributed by atoms with van der Waals surface area (Å²) < 4.78 is 60.1. The van der Waals surface area contributed by atoms with Gasteiger partial charge in [0, 0.05) is 0 Å². The van der Waals surface area contributed by atoms with Crippen LogP contribution in [-0.4, -0.2) is 37.3 Å². The van der Waals surface area contributed by atoms with Gasteiger partial charge in [0.25, 0.3) is 0 Å². The van der Waals surface area contributed by atoms with E-state index in [0.717, 1.165) is 6.92 Å². The second-order valence-electron chi connectivity index (χ2n) is 8.44. The van der Waals surface area contributed by atoms with Crippen LogP contribution in [0.5, 0.6) is 0 Å². The minimum Gasteiger partial charge on any atom is -0.365 e. The summed E-state index contributed by atoms with van der Waals surface area (Å²) in [5, 5.41) is 0. The first-order valence-corrected chi connectivity index (χ1v) is 9.16. The van der Waals surface area contributed by atoms with Crippen molar-refractivity contribution in [3.05, 3.63) is 0 Å². The first-order valence-electron chi connectivity index (χ1n) is 7.44. The summed E-state index contributed by atoms with van der Waals surface area (Å²) in [6, 6.07) is 0. The van der Waals surface area contributed by atoms with E-state index >= 15 is 0 Å². The summed E-state index contributed by atoms with van der Waals surface area (Å²) in [5.74, 6) is 0. The maximum atomic E-state index is 14.8. The minimum absolute atomic E-state index is 0.797. The second-order valence-corrected chi connectivity index (χ2v) is 10.8. The molecular weight excluding hydrogens is 313 g/mol. The molecule has 0 saturated heterocycles. The van der Waals surface area contributed by atoms with Gasteiger partial charge in [0.15, 0.2) is 6.17 Å². The lowest BCUT2D eigenvalue weighted by atomic mass is 10.2. The average Bonchev–Trinajstić information content (AvgIpc) is 2.07. The molecule has 1 unspecified atom stereocenters. The normalized spacial score (nSPS) is 16.8. The molecule has 0 aromatic carbocycles. The van der Waals surface area contributed by atoms with Gasteiger partial charge in [0.1, 0.15) is 0 Å². The Labute approximate surface area is 133 Å². The Morgan fingerprint density at radius 3 is 1.05 bits per heavy atom. The fourth-order valence-electron chi connectivity index (χ4n) is 1.72. The average molecular weight is 344 g/mol. The Morgan fingerprint density at radius 2 is 0.909 bits per heavy atom. The topological polar surface area (TPSA) is 27.7 Å². The number of rotatable bonds is 5. The van der Waals surface area contributed by atoms with Crippen molar-refractivity contribution in [3.8, 4) is 0 Å². The largest absolute Gasteiger partial charge is 0.579 e. The number of hydrogen-bond donors (Lipinski definition) is 0. The SMILES string of the molecule is CC(F)C(F)(F)[Si](OC(C)(C)C)(OC(C)(C)C)OC(C)(C)C. The molecule has 0 aliphatic carbocycles. The first kappa shape index (κ1) is 21.9. The molecule has 0 aromatic rings. The molecule has 3 nitrogen and oxygen atoms in total. The molecule has 0 aliphatic heterocycles. The lowest BCUT2D eigenvalue weighted by molar-refractivity contribution is -0.150. The highest BCUT2D eigenvalue weighted by Gasteiger charge is 2.71. The summed E-state index contributed by atoms with van der Waals surface area (Å²) in [5.41, 5.74) is -6.77. The van der Waals surface area contributed by atoms with E-state index in [1.54, 1.807) is 62.3 Å². The molecule has 0 rings (SSSR count). The third-order valence-electron chi connectivity index (χ3n) is 2.23. The Balaban J connectivity index is 6.14. The van der Waals surface area contributed by atoms with Gasteiger partial charge in [0.05, 0.1) is 16.8 Å². The van der Waals surface area contributed by atoms with Crippen molar-refractivity contribution in [2.45, 2.75) is 97.8 Å². The van der Waals surface area contributed by atoms with Crippen molar-refractivity contribution in [3.63, 3.8) is 0 Å². The van der Waals surface area contributed by atoms with Crippen molar-refractivity contribution < 1.29 is 26.4 Å². The van der Waals surface area contributed by atoms with Crippen LogP contribution in [0.25, 0.3) is 0 Å². The molecule has 0 bridgehead atoms. The van der Waals surface area contributed by atoms with Crippen LogP contribution >= 0.6 is 0 Å². The molecule has 0 fully saturated rings. The van der Waals surface area contributed by atoms with E-state index in [1.165, 1.54) is 0 Å². The predicted octanol–water partition coefficient (Wildman–Crippen LogP) is 4.90. The highest BCUT2D eigenvalue weighted by Crippen LogP contribution is 2.41. The number of alkyl halides is 3. The lowest BCUT2D eigenvalue weighted by Crippen LogP contribution is -2.70. The monoisotopic (exact) mass is 344 g/mol. The smallest absolute Gasteiger partial charge is 0.365 e. The lowest BCUT2D eigenvalue weighted by Gasteiger charge is -2.46. The second kappa shape index (κ2) is 6.41. The first-order chi connectivity index (χ1) is 9.31. The van der Waals surface area contributed by atoms with Gasteiger partial charge < -0.3 is 13.3 Å². The highest BCUT2D eigenvalue weighted by atomic mass is 28.4. The maximum Gasteiger partial charge on any atom is 0.579 e. The Morgan fingerprint density at radius 1 is 0.682 bits per heavy atom. The van der Waals surface area contributed by atoms with Gasteiger partial charge in [-0.2, -0.15) is 8.78 Å². The third-order valence-corrected chi connectivity index (χ3v) is 6.09. The number of halogens is 3. The summed E-state index contributed by atoms with van der Waals surface area (Å²) in [6.07, 6.45) is -2.45. The van der Waals surface area contributed by atoms with Gasteiger partial charge in [0.2, 0.25) is 0 Å². The molecular formula is C15H31F3O3Si. The molecule has 0 aromatic heterocycles. The van der Waals surface area contributed by atoms with E-state index in [9.17, 15) is 13.2 Å². The Kier molecular flexibility index (Phi) is 6.38. The zero-order valence-electron chi connectivity index (χ0n) is 15.4. The van der Waals surface area contributed by atoms with Crippen LogP contribution in [0.15, 0.2) is 0 Å². The standard InChI is InChI=1S/C15H31F3O3Si/c1-11(16)15(17,18)22(19-12(2,3)4,20-13(5,6)7)21-14(8,9)10/h11H,1-10H3. The van der Waals surface area contributed by atoms with Crippen LogP contribution < -0.4 is 0 Å². The van der Waals surface area contributed by atoms with E-state index in [2.05, 4.69) is 0 Å². The molecule has 1 atom stereocenters. The zero-order valence-corrected chi connectivity index (χ0v) is 16.4. The fraction of sp³-hybridized carbons (Fsp3) is 1.00. The van der Waals surface area contributed by atoms with Crippen LogP contribution in [0.3, 0.4) is 0 Å². The molecule has 134 valence electrons. The summed E-state index contributed by atoms with van der Waals surface area (Å²) in [4.78, 5) is 0. The Hall–Kier alpha value is -0.113. The fourth-order valence-corrected chi connectivity index (χ4v) is 5.16. The van der Waals surface area contributed by atoms with E-state index in [0.29, 0.717) is 0 Å². The molecule has 0 radical (unpaired) electrons. The predicted molar refractivity (Wildman–Crippen MR) is 83.8 cm³/mol. The zero-order chi connectivity index (χ0) is 18.2. The van der Waals surface area contributed by atoms with E-state index in [-0.39, 0.29) is 0 Å². The molecule has 0 heterocycles. The molecule has 0 aliphatic rings. The van der Waals surface area contributed by atoms with Gasteiger partial charge in [-0.15, -0.1) is 0 Å². The van der Waals surface area contributed by atoms with E-state index in [1.807, 2.05) is 0 Å². The summed E-state index contributed by atoms with van der Waals surface area (Å²) in [7, 11) is -4.70. The van der Waals surface area contributed by atoms with Crippen LogP contribution in [-0.2, 0) is 13.3 Å². The van der Waals surface area contributed by atoms with Gasteiger partial charge in [-0.25, -0.2) is 4.39 Å². The third kappa shape index (κ3) is 6.56. The van der Waals surface area contributed by atoms with Gasteiger partial charge in [-0.05, 0) is 69.2 Å². The molecule has 0 spiro atoms. The van der Waals surface area contributed by atoms with Crippen LogP contribution in [0, 0.1) is 0 Å². The van der Waals surface area contributed by atoms with E-state index < -0.39 is 37.3 Å². The maximum absolute atomic E-state index is 14.8. The van der Waals surface area contributed by atoms with Gasteiger partial charge >= 0.3 is 14.4 Å². The highest BCUT2D eigenvalue weighted by molar-refractivity contribution is 6.64. The van der Waals surface area contributed by atoms with Crippen molar-refractivity contribution in [2.24, 2.45) is 0 Å². The van der Waals surface area contributed by atoms with Gasteiger partial charge in [-0.3, -0.25) is 0 Å². The van der Waals surface area contributed by atoms with Gasteiger partial charge in [-0.1, -0.05) is 0 Å². The van der Waals surface area contributed by atoms with Crippen molar-refractivity contribution in [1.82, 2.24) is 0 Å². The molecule has 7 heteroatoms. The quantitative estimate of drug-likeness (QED) is 0.664. The minimum atomic E-state index is -4.70. The van der Waals surface area contributed by atoms with Crippen LogP contribution in [0.4, 0.5) is 13.2 Å². The molecule has 0 saturated carbocycles. The molecule has 22 heavy (non-hydrogen) atoms. The van der Waals surface area contributed by atoms with Crippen molar-refractivity contribution in [1.29, 1.82) is 0 Å². The van der Waals surface area contributed by atoms with Crippen molar-refractivity contribution in [2.75, 3.05) is 0 Å². The van der Waals surface area contributed by atoms with Crippen LogP contribution in [0.2, 0.25) is 0 Å².